The molecule has 0 saturated carbocycles. The maximum atomic E-state index is 12.2. The monoisotopic (exact) mass is 412 g/mol. The number of furan rings is 1. The van der Waals surface area contributed by atoms with E-state index in [9.17, 15) is 9.59 Å². The zero-order valence-electron chi connectivity index (χ0n) is 15.6. The minimum Gasteiger partial charge on any atom is -0.467 e. The van der Waals surface area contributed by atoms with Crippen molar-refractivity contribution in [1.29, 1.82) is 0 Å². The van der Waals surface area contributed by atoms with Crippen molar-refractivity contribution in [2.75, 3.05) is 37.5 Å². The maximum absolute atomic E-state index is 12.2. The summed E-state index contributed by atoms with van der Waals surface area (Å²) < 4.78 is 6.55. The van der Waals surface area contributed by atoms with E-state index in [0.717, 1.165) is 5.76 Å². The van der Waals surface area contributed by atoms with Crippen molar-refractivity contribution in [2.24, 2.45) is 0 Å². The SMILES string of the molecule is CCN(CC)C(=O)CSc1nnc(SCC(=O)N(C)Cc2ccco2)n1N. The Morgan fingerprint density at radius 2 is 1.74 bits per heavy atom. The number of amides is 2. The lowest BCUT2D eigenvalue weighted by Gasteiger charge is -2.17. The van der Waals surface area contributed by atoms with E-state index in [1.54, 1.807) is 29.2 Å². The van der Waals surface area contributed by atoms with Gasteiger partial charge in [0.15, 0.2) is 0 Å². The fraction of sp³-hybridized carbons (Fsp3) is 0.500. The second-order valence-electron chi connectivity index (χ2n) is 5.61. The number of carbonyl (C=O) groups excluding carboxylic acids is 2. The molecule has 0 unspecified atom stereocenters. The lowest BCUT2D eigenvalue weighted by molar-refractivity contribution is -0.128. The number of carbonyl (C=O) groups is 2. The Hall–Kier alpha value is -2.14. The Balaban J connectivity index is 1.84. The molecule has 2 amide bonds. The molecule has 0 bridgehead atoms. The molecule has 0 aliphatic heterocycles. The highest BCUT2D eigenvalue weighted by molar-refractivity contribution is 8.00. The molecule has 2 aromatic rings. The molecule has 0 aliphatic carbocycles. The number of hydrogen-bond acceptors (Lipinski definition) is 8. The standard InChI is InChI=1S/C16H24N6O3S2/c1-4-21(5-2)14(24)11-27-16-19-18-15(22(16)17)26-10-13(23)20(3)9-12-7-6-8-25-12/h6-8H,4-5,9-11,17H2,1-3H3. The summed E-state index contributed by atoms with van der Waals surface area (Å²) in [7, 11) is 1.71. The van der Waals surface area contributed by atoms with Gasteiger partial charge in [-0.15, -0.1) is 10.2 Å². The van der Waals surface area contributed by atoms with Crippen molar-refractivity contribution in [3.05, 3.63) is 24.2 Å². The molecule has 0 aromatic carbocycles. The average Bonchev–Trinajstić information content (AvgIpc) is 3.29. The molecule has 0 saturated heterocycles. The molecule has 0 fully saturated rings. The molecule has 0 atom stereocenters. The maximum Gasteiger partial charge on any atom is 0.233 e. The summed E-state index contributed by atoms with van der Waals surface area (Å²) >= 11 is 2.43. The van der Waals surface area contributed by atoms with Crippen LogP contribution >= 0.6 is 23.5 Å². The molecular weight excluding hydrogens is 388 g/mol. The Bertz CT molecular complexity index is 745. The van der Waals surface area contributed by atoms with Crippen LogP contribution in [0.1, 0.15) is 19.6 Å². The fourth-order valence-electron chi connectivity index (χ4n) is 2.22. The largest absolute Gasteiger partial charge is 0.467 e. The van der Waals surface area contributed by atoms with E-state index in [0.29, 0.717) is 29.9 Å². The molecule has 2 aromatic heterocycles. The van der Waals surface area contributed by atoms with E-state index >= 15 is 0 Å². The highest BCUT2D eigenvalue weighted by atomic mass is 32.2. The molecule has 2 rings (SSSR count). The number of nitrogens with zero attached hydrogens (tertiary/aromatic N) is 5. The molecule has 27 heavy (non-hydrogen) atoms. The highest BCUT2D eigenvalue weighted by Crippen LogP contribution is 2.21. The number of thioether (sulfide) groups is 2. The van der Waals surface area contributed by atoms with Crippen molar-refractivity contribution in [3.63, 3.8) is 0 Å². The van der Waals surface area contributed by atoms with Gasteiger partial charge in [0.05, 0.1) is 24.3 Å². The molecule has 0 spiro atoms. The third-order valence-electron chi connectivity index (χ3n) is 3.80. The van der Waals surface area contributed by atoms with Crippen LogP contribution in [0, 0.1) is 0 Å². The topological polar surface area (TPSA) is 110 Å². The van der Waals surface area contributed by atoms with Crippen LogP contribution in [0.4, 0.5) is 0 Å². The van der Waals surface area contributed by atoms with E-state index in [2.05, 4.69) is 10.2 Å². The summed E-state index contributed by atoms with van der Waals surface area (Å²) in [6, 6.07) is 3.60. The Morgan fingerprint density at radius 3 is 2.26 bits per heavy atom. The summed E-state index contributed by atoms with van der Waals surface area (Å²) in [4.78, 5) is 27.6. The summed E-state index contributed by atoms with van der Waals surface area (Å²) in [5, 5.41) is 8.87. The number of hydrogen-bond donors (Lipinski definition) is 1. The van der Waals surface area contributed by atoms with Gasteiger partial charge in [-0.2, -0.15) is 0 Å². The van der Waals surface area contributed by atoms with Gasteiger partial charge in [-0.05, 0) is 26.0 Å². The molecular formula is C16H24N6O3S2. The normalized spacial score (nSPS) is 10.8. The van der Waals surface area contributed by atoms with Crippen LogP contribution in [-0.4, -0.2) is 68.1 Å². The molecule has 9 nitrogen and oxygen atoms in total. The predicted octanol–water partition coefficient (Wildman–Crippen LogP) is 1.30. The van der Waals surface area contributed by atoms with Crippen LogP contribution in [0.5, 0.6) is 0 Å². The zero-order valence-corrected chi connectivity index (χ0v) is 17.3. The van der Waals surface area contributed by atoms with Crippen molar-refractivity contribution >= 4 is 35.3 Å². The van der Waals surface area contributed by atoms with E-state index in [4.69, 9.17) is 10.3 Å². The van der Waals surface area contributed by atoms with E-state index in [1.807, 2.05) is 19.9 Å². The van der Waals surface area contributed by atoms with Crippen LogP contribution in [0.2, 0.25) is 0 Å². The molecule has 2 N–H and O–H groups in total. The van der Waals surface area contributed by atoms with Crippen molar-refractivity contribution in [3.8, 4) is 0 Å². The lowest BCUT2D eigenvalue weighted by atomic mass is 10.4. The average molecular weight is 413 g/mol. The Morgan fingerprint density at radius 1 is 1.15 bits per heavy atom. The van der Waals surface area contributed by atoms with Crippen LogP contribution < -0.4 is 5.84 Å². The first-order chi connectivity index (χ1) is 13.0. The van der Waals surface area contributed by atoms with Crippen LogP contribution in [0.15, 0.2) is 33.1 Å². The van der Waals surface area contributed by atoms with Gasteiger partial charge in [0.25, 0.3) is 0 Å². The van der Waals surface area contributed by atoms with Gasteiger partial charge in [-0.3, -0.25) is 9.59 Å². The van der Waals surface area contributed by atoms with Crippen molar-refractivity contribution in [2.45, 2.75) is 30.7 Å². The zero-order chi connectivity index (χ0) is 19.8. The van der Waals surface area contributed by atoms with E-state index < -0.39 is 0 Å². The first kappa shape index (κ1) is 21.2. The van der Waals surface area contributed by atoms with Gasteiger partial charge in [0, 0.05) is 20.1 Å². The van der Waals surface area contributed by atoms with Crippen LogP contribution in [0.25, 0.3) is 0 Å². The minimum atomic E-state index is -0.0784. The van der Waals surface area contributed by atoms with Gasteiger partial charge in [-0.1, -0.05) is 23.5 Å². The Kier molecular flexibility index (Phi) is 8.04. The second-order valence-corrected chi connectivity index (χ2v) is 7.49. The highest BCUT2D eigenvalue weighted by Gasteiger charge is 2.17. The molecule has 2 heterocycles. The molecule has 0 aliphatic rings. The summed E-state index contributed by atoms with van der Waals surface area (Å²) in [5.74, 6) is 7.07. The smallest absolute Gasteiger partial charge is 0.233 e. The first-order valence-electron chi connectivity index (χ1n) is 8.46. The minimum absolute atomic E-state index is 0.0249. The van der Waals surface area contributed by atoms with Crippen LogP contribution in [0.3, 0.4) is 0 Å². The molecule has 0 radical (unpaired) electrons. The summed E-state index contributed by atoms with van der Waals surface area (Å²) in [6.45, 7) is 5.61. The van der Waals surface area contributed by atoms with Gasteiger partial charge < -0.3 is 20.1 Å². The number of nitrogens with two attached hydrogens (primary N) is 1. The summed E-state index contributed by atoms with van der Waals surface area (Å²) in [6.07, 6.45) is 1.57. The van der Waals surface area contributed by atoms with Gasteiger partial charge >= 0.3 is 0 Å². The fourth-order valence-corrected chi connectivity index (χ4v) is 3.83. The van der Waals surface area contributed by atoms with Crippen molar-refractivity contribution < 1.29 is 14.0 Å². The molecule has 11 heteroatoms. The first-order valence-corrected chi connectivity index (χ1v) is 10.4. The third-order valence-corrected chi connectivity index (χ3v) is 5.65. The second kappa shape index (κ2) is 10.3. The lowest BCUT2D eigenvalue weighted by Crippen LogP contribution is -2.32. The number of rotatable bonds is 10. The predicted molar refractivity (Wildman–Crippen MR) is 105 cm³/mol. The number of nitrogen functional groups attached to an aromatic ring is 1. The van der Waals surface area contributed by atoms with E-state index in [1.165, 1.54) is 28.2 Å². The van der Waals surface area contributed by atoms with Gasteiger partial charge in [-0.25, -0.2) is 4.68 Å². The van der Waals surface area contributed by atoms with Crippen LogP contribution in [-0.2, 0) is 16.1 Å². The summed E-state index contributed by atoms with van der Waals surface area (Å²) in [5.41, 5.74) is 0. The third kappa shape index (κ3) is 5.93. The van der Waals surface area contributed by atoms with Gasteiger partial charge in [0.2, 0.25) is 22.1 Å². The Labute approximate surface area is 166 Å². The number of aromatic nitrogens is 3. The van der Waals surface area contributed by atoms with Crippen molar-refractivity contribution in [1.82, 2.24) is 24.7 Å². The quantitative estimate of drug-likeness (QED) is 0.459. The van der Waals surface area contributed by atoms with E-state index in [-0.39, 0.29) is 23.3 Å². The molecule has 148 valence electrons. The van der Waals surface area contributed by atoms with Gasteiger partial charge in [0.1, 0.15) is 5.76 Å².